The summed E-state index contributed by atoms with van der Waals surface area (Å²) in [5.41, 5.74) is 0. The second-order valence-electron chi connectivity index (χ2n) is 5.78. The third-order valence-electron chi connectivity index (χ3n) is 4.27. The van der Waals surface area contributed by atoms with Gasteiger partial charge in [-0.15, -0.1) is 0 Å². The van der Waals surface area contributed by atoms with Crippen LogP contribution in [0.2, 0.25) is 0 Å². The van der Waals surface area contributed by atoms with Gasteiger partial charge in [0.1, 0.15) is 5.82 Å². The summed E-state index contributed by atoms with van der Waals surface area (Å²) in [4.78, 5) is 8.99. The van der Waals surface area contributed by atoms with Gasteiger partial charge in [0.25, 0.3) is 0 Å². The Kier molecular flexibility index (Phi) is 4.28. The molecule has 3 rings (SSSR count). The van der Waals surface area contributed by atoms with Crippen molar-refractivity contribution in [1.29, 1.82) is 0 Å². The molecule has 19 heavy (non-hydrogen) atoms. The number of hydrogen-bond acceptors (Lipinski definition) is 4. The largest absolute Gasteiger partial charge is 0.490 e. The Hall–Kier alpha value is -1.16. The van der Waals surface area contributed by atoms with Gasteiger partial charge in [-0.3, -0.25) is 0 Å². The Balaban J connectivity index is 1.52. The number of hydrogen-bond donors (Lipinski definition) is 1. The van der Waals surface area contributed by atoms with Crippen LogP contribution in [0.3, 0.4) is 0 Å². The maximum atomic E-state index is 5.77. The number of nitrogens with zero attached hydrogens (tertiary/aromatic N) is 2. The van der Waals surface area contributed by atoms with Crippen molar-refractivity contribution in [3.63, 3.8) is 0 Å². The van der Waals surface area contributed by atoms with Crippen LogP contribution in [0.5, 0.6) is 5.75 Å². The van der Waals surface area contributed by atoms with Crippen LogP contribution in [-0.4, -0.2) is 29.7 Å². The number of ether oxygens (including phenoxy) is 1. The summed E-state index contributed by atoms with van der Waals surface area (Å²) in [6, 6.07) is 0. The molecule has 0 spiro atoms. The van der Waals surface area contributed by atoms with Crippen LogP contribution in [0.1, 0.15) is 50.3 Å². The molecule has 1 N–H and O–H groups in total. The van der Waals surface area contributed by atoms with E-state index in [0.29, 0.717) is 11.8 Å². The van der Waals surface area contributed by atoms with E-state index < -0.39 is 0 Å². The third-order valence-corrected chi connectivity index (χ3v) is 4.27. The lowest BCUT2D eigenvalue weighted by atomic mass is 9.89. The van der Waals surface area contributed by atoms with Gasteiger partial charge < -0.3 is 10.1 Å². The van der Waals surface area contributed by atoms with Crippen molar-refractivity contribution in [3.05, 3.63) is 18.2 Å². The van der Waals surface area contributed by atoms with Gasteiger partial charge in [0.2, 0.25) is 0 Å². The Morgan fingerprint density at radius 3 is 2.58 bits per heavy atom. The van der Waals surface area contributed by atoms with Crippen LogP contribution in [0.25, 0.3) is 0 Å². The number of aromatic nitrogens is 2. The maximum absolute atomic E-state index is 5.77. The van der Waals surface area contributed by atoms with Crippen molar-refractivity contribution in [2.24, 2.45) is 5.92 Å². The number of rotatable bonds is 4. The maximum Gasteiger partial charge on any atom is 0.155 e. The van der Waals surface area contributed by atoms with E-state index in [1.165, 1.54) is 38.5 Å². The zero-order chi connectivity index (χ0) is 12.9. The van der Waals surface area contributed by atoms with Gasteiger partial charge in [-0.25, -0.2) is 9.97 Å². The lowest BCUT2D eigenvalue weighted by molar-refractivity contribution is 0.257. The summed E-state index contributed by atoms with van der Waals surface area (Å²) in [6.45, 7) is 2.96. The molecule has 2 heterocycles. The molecular weight excluding hydrogens is 238 g/mol. The SMILES string of the molecule is c1nc(C2CCCCC2)ncc1OCC1CCNC1. The van der Waals surface area contributed by atoms with E-state index >= 15 is 0 Å². The molecule has 1 aliphatic carbocycles. The minimum Gasteiger partial charge on any atom is -0.490 e. The van der Waals surface area contributed by atoms with Crippen LogP contribution in [0.4, 0.5) is 0 Å². The predicted octanol–water partition coefficient (Wildman–Crippen LogP) is 2.51. The molecule has 0 bridgehead atoms. The van der Waals surface area contributed by atoms with Crippen LogP contribution in [-0.2, 0) is 0 Å². The van der Waals surface area contributed by atoms with E-state index in [2.05, 4.69) is 15.3 Å². The zero-order valence-electron chi connectivity index (χ0n) is 11.5. The van der Waals surface area contributed by atoms with Crippen molar-refractivity contribution >= 4 is 0 Å². The van der Waals surface area contributed by atoms with Crippen LogP contribution < -0.4 is 10.1 Å². The average Bonchev–Trinajstić information content (AvgIpc) is 3.00. The standard InChI is InChI=1S/C15H23N3O/c1-2-4-13(5-3-1)15-17-9-14(10-18-15)19-11-12-6-7-16-8-12/h9-10,12-13,16H,1-8,11H2. The molecule has 2 aliphatic rings. The highest BCUT2D eigenvalue weighted by Crippen LogP contribution is 2.30. The first-order chi connectivity index (χ1) is 9.42. The van der Waals surface area contributed by atoms with Crippen LogP contribution in [0.15, 0.2) is 12.4 Å². The molecule has 0 amide bonds. The highest BCUT2D eigenvalue weighted by Gasteiger charge is 2.18. The monoisotopic (exact) mass is 261 g/mol. The topological polar surface area (TPSA) is 47.0 Å². The van der Waals surface area contributed by atoms with E-state index in [1.54, 1.807) is 0 Å². The summed E-state index contributed by atoms with van der Waals surface area (Å²) in [6.07, 6.45) is 11.4. The first-order valence-corrected chi connectivity index (χ1v) is 7.57. The van der Waals surface area contributed by atoms with Gasteiger partial charge in [-0.05, 0) is 25.8 Å². The van der Waals surface area contributed by atoms with Gasteiger partial charge >= 0.3 is 0 Å². The predicted molar refractivity (Wildman–Crippen MR) is 74.3 cm³/mol. The molecular formula is C15H23N3O. The lowest BCUT2D eigenvalue weighted by Gasteiger charge is -2.20. The van der Waals surface area contributed by atoms with E-state index in [4.69, 9.17) is 4.74 Å². The van der Waals surface area contributed by atoms with Crippen molar-refractivity contribution in [2.75, 3.05) is 19.7 Å². The second kappa shape index (κ2) is 6.33. The minimum atomic E-state index is 0.571. The van der Waals surface area contributed by atoms with Crippen LogP contribution in [0, 0.1) is 5.92 Å². The van der Waals surface area contributed by atoms with Crippen molar-refractivity contribution in [2.45, 2.75) is 44.4 Å². The van der Waals surface area contributed by atoms with Crippen molar-refractivity contribution in [3.8, 4) is 5.75 Å². The molecule has 4 nitrogen and oxygen atoms in total. The van der Waals surface area contributed by atoms with E-state index in [-0.39, 0.29) is 0 Å². The zero-order valence-corrected chi connectivity index (χ0v) is 11.5. The molecule has 4 heteroatoms. The van der Waals surface area contributed by atoms with Crippen molar-refractivity contribution < 1.29 is 4.74 Å². The molecule has 1 aromatic rings. The summed E-state index contributed by atoms with van der Waals surface area (Å²) in [7, 11) is 0. The number of nitrogens with one attached hydrogen (secondary N) is 1. The third kappa shape index (κ3) is 3.44. The normalized spacial score (nSPS) is 24.5. The van der Waals surface area contributed by atoms with Crippen molar-refractivity contribution in [1.82, 2.24) is 15.3 Å². The molecule has 1 aliphatic heterocycles. The van der Waals surface area contributed by atoms with E-state index in [0.717, 1.165) is 31.3 Å². The summed E-state index contributed by atoms with van der Waals surface area (Å²) in [5, 5.41) is 3.35. The van der Waals surface area contributed by atoms with Gasteiger partial charge in [0.05, 0.1) is 19.0 Å². The molecule has 2 fully saturated rings. The van der Waals surface area contributed by atoms with Crippen LogP contribution >= 0.6 is 0 Å². The smallest absolute Gasteiger partial charge is 0.155 e. The Morgan fingerprint density at radius 2 is 1.89 bits per heavy atom. The minimum absolute atomic E-state index is 0.571. The highest BCUT2D eigenvalue weighted by atomic mass is 16.5. The first kappa shape index (κ1) is 12.9. The molecule has 1 atom stereocenters. The summed E-state index contributed by atoms with van der Waals surface area (Å²) < 4.78 is 5.77. The summed E-state index contributed by atoms with van der Waals surface area (Å²) in [5.74, 6) is 3.03. The molecule has 1 unspecified atom stereocenters. The molecule has 1 saturated carbocycles. The average molecular weight is 261 g/mol. The molecule has 104 valence electrons. The van der Waals surface area contributed by atoms with E-state index in [9.17, 15) is 0 Å². The van der Waals surface area contributed by atoms with Gasteiger partial charge in [0.15, 0.2) is 5.75 Å². The summed E-state index contributed by atoms with van der Waals surface area (Å²) >= 11 is 0. The van der Waals surface area contributed by atoms with Gasteiger partial charge in [0, 0.05) is 18.4 Å². The molecule has 0 radical (unpaired) electrons. The Bertz CT molecular complexity index is 381. The van der Waals surface area contributed by atoms with E-state index in [1.807, 2.05) is 12.4 Å². The molecule has 1 aromatic heterocycles. The van der Waals surface area contributed by atoms with Gasteiger partial charge in [-0.2, -0.15) is 0 Å². The molecule has 0 aromatic carbocycles. The quantitative estimate of drug-likeness (QED) is 0.904. The Morgan fingerprint density at radius 1 is 1.11 bits per heavy atom. The fourth-order valence-corrected chi connectivity index (χ4v) is 3.04. The fraction of sp³-hybridized carbons (Fsp3) is 0.733. The lowest BCUT2D eigenvalue weighted by Crippen LogP contribution is -2.16. The fourth-order valence-electron chi connectivity index (χ4n) is 3.04. The Labute approximate surface area is 115 Å². The first-order valence-electron chi connectivity index (χ1n) is 7.57. The van der Waals surface area contributed by atoms with Gasteiger partial charge in [-0.1, -0.05) is 19.3 Å². The highest BCUT2D eigenvalue weighted by molar-refractivity contribution is 5.14. The second-order valence-corrected chi connectivity index (χ2v) is 5.78. The molecule has 1 saturated heterocycles.